The zero-order valence-electron chi connectivity index (χ0n) is 6.89. The average molecular weight is 176 g/mol. The number of likely N-dealkylation sites (N-methyl/N-ethyl adjacent to an activating group) is 1. The zero-order valence-corrected chi connectivity index (χ0v) is 6.89. The van der Waals surface area contributed by atoms with E-state index in [0.29, 0.717) is 6.73 Å². The van der Waals surface area contributed by atoms with Crippen LogP contribution in [0.3, 0.4) is 0 Å². The summed E-state index contributed by atoms with van der Waals surface area (Å²) in [6.45, 7) is 0.122. The van der Waals surface area contributed by atoms with Gasteiger partial charge >= 0.3 is 0 Å². The molecule has 0 amide bonds. The molecule has 1 rings (SSSR count). The van der Waals surface area contributed by atoms with E-state index in [1.54, 1.807) is 11.9 Å². The van der Waals surface area contributed by atoms with Crippen LogP contribution >= 0.6 is 0 Å². The van der Waals surface area contributed by atoms with Gasteiger partial charge in [0.25, 0.3) is 5.54 Å². The van der Waals surface area contributed by atoms with Crippen LogP contribution in [0, 0.1) is 10.1 Å². The fourth-order valence-corrected chi connectivity index (χ4v) is 1.25. The SMILES string of the molecule is CN1COC[C@@](CO)([N+](=O)[O-])C1. The second kappa shape index (κ2) is 3.34. The highest BCUT2D eigenvalue weighted by atomic mass is 16.6. The molecule has 0 unspecified atom stereocenters. The molecule has 0 radical (unpaired) electrons. The second-order valence-corrected chi connectivity index (χ2v) is 3.13. The van der Waals surface area contributed by atoms with Crippen molar-refractivity contribution in [1.82, 2.24) is 4.90 Å². The third-order valence-electron chi connectivity index (χ3n) is 1.93. The topological polar surface area (TPSA) is 75.8 Å². The summed E-state index contributed by atoms with van der Waals surface area (Å²) in [5, 5.41) is 19.5. The number of rotatable bonds is 2. The summed E-state index contributed by atoms with van der Waals surface area (Å²) in [6, 6.07) is 0. The number of aliphatic hydroxyl groups excluding tert-OH is 1. The van der Waals surface area contributed by atoms with Crippen molar-refractivity contribution in [2.45, 2.75) is 5.54 Å². The summed E-state index contributed by atoms with van der Waals surface area (Å²) in [4.78, 5) is 11.8. The van der Waals surface area contributed by atoms with Crippen LogP contribution in [0.5, 0.6) is 0 Å². The first kappa shape index (κ1) is 9.37. The van der Waals surface area contributed by atoms with E-state index in [4.69, 9.17) is 9.84 Å². The van der Waals surface area contributed by atoms with Gasteiger partial charge < -0.3 is 9.84 Å². The monoisotopic (exact) mass is 176 g/mol. The van der Waals surface area contributed by atoms with Crippen LogP contribution in [0.25, 0.3) is 0 Å². The van der Waals surface area contributed by atoms with E-state index in [9.17, 15) is 10.1 Å². The molecule has 0 saturated carbocycles. The van der Waals surface area contributed by atoms with E-state index in [1.807, 2.05) is 0 Å². The van der Waals surface area contributed by atoms with Gasteiger partial charge in [-0.05, 0) is 7.05 Å². The van der Waals surface area contributed by atoms with Gasteiger partial charge in [-0.1, -0.05) is 0 Å². The summed E-state index contributed by atoms with van der Waals surface area (Å²) >= 11 is 0. The lowest BCUT2D eigenvalue weighted by atomic mass is 10.0. The first-order valence-corrected chi connectivity index (χ1v) is 3.62. The Hall–Kier alpha value is -0.720. The van der Waals surface area contributed by atoms with Crippen molar-refractivity contribution in [3.8, 4) is 0 Å². The van der Waals surface area contributed by atoms with Crippen molar-refractivity contribution in [1.29, 1.82) is 0 Å². The average Bonchev–Trinajstić information content (AvgIpc) is 2.04. The van der Waals surface area contributed by atoms with Gasteiger partial charge in [0.05, 0.1) is 13.3 Å². The number of hydrogen-bond donors (Lipinski definition) is 1. The minimum Gasteiger partial charge on any atom is -0.389 e. The van der Waals surface area contributed by atoms with E-state index in [1.165, 1.54) is 0 Å². The van der Waals surface area contributed by atoms with Crippen LogP contribution < -0.4 is 0 Å². The molecule has 1 aliphatic rings. The number of hydrogen-bond acceptors (Lipinski definition) is 5. The molecular weight excluding hydrogens is 164 g/mol. The highest BCUT2D eigenvalue weighted by molar-refractivity contribution is 4.83. The van der Waals surface area contributed by atoms with E-state index >= 15 is 0 Å². The van der Waals surface area contributed by atoms with E-state index < -0.39 is 17.1 Å². The van der Waals surface area contributed by atoms with Crippen molar-refractivity contribution in [2.24, 2.45) is 0 Å². The Morgan fingerprint density at radius 3 is 2.83 bits per heavy atom. The highest BCUT2D eigenvalue weighted by Crippen LogP contribution is 2.15. The molecule has 0 aromatic carbocycles. The van der Waals surface area contributed by atoms with Crippen LogP contribution in [0.4, 0.5) is 0 Å². The molecule has 1 atom stereocenters. The summed E-state index contributed by atoms with van der Waals surface area (Å²) in [5.74, 6) is 0. The number of ether oxygens (including phenoxy) is 1. The Balaban J connectivity index is 2.71. The third-order valence-corrected chi connectivity index (χ3v) is 1.93. The summed E-state index contributed by atoms with van der Waals surface area (Å²) in [5.41, 5.74) is -1.33. The second-order valence-electron chi connectivity index (χ2n) is 3.13. The summed E-state index contributed by atoms with van der Waals surface area (Å²) in [7, 11) is 1.72. The predicted octanol–water partition coefficient (Wildman–Crippen LogP) is -1.09. The van der Waals surface area contributed by atoms with Gasteiger partial charge in [-0.2, -0.15) is 0 Å². The first-order chi connectivity index (χ1) is 5.60. The molecule has 0 aromatic rings. The molecule has 1 N–H and O–H groups in total. The Bertz CT molecular complexity index is 186. The van der Waals surface area contributed by atoms with Gasteiger partial charge in [0.2, 0.25) is 0 Å². The van der Waals surface area contributed by atoms with E-state index in [2.05, 4.69) is 0 Å². The van der Waals surface area contributed by atoms with Crippen molar-refractivity contribution in [3.05, 3.63) is 10.1 Å². The van der Waals surface area contributed by atoms with Gasteiger partial charge in [-0.15, -0.1) is 0 Å². The maximum absolute atomic E-state index is 10.6. The molecule has 12 heavy (non-hydrogen) atoms. The molecular formula is C6H12N2O4. The van der Waals surface area contributed by atoms with E-state index in [0.717, 1.165) is 0 Å². The quantitative estimate of drug-likeness (QED) is 0.427. The van der Waals surface area contributed by atoms with Crippen LogP contribution in [-0.2, 0) is 4.74 Å². The lowest BCUT2D eigenvalue weighted by molar-refractivity contribution is -0.584. The molecule has 0 aromatic heterocycles. The van der Waals surface area contributed by atoms with Crippen LogP contribution in [0.1, 0.15) is 0 Å². The summed E-state index contributed by atoms with van der Waals surface area (Å²) < 4.78 is 4.97. The van der Waals surface area contributed by atoms with Gasteiger partial charge in [-0.25, -0.2) is 0 Å². The molecule has 6 heteroatoms. The molecule has 6 nitrogen and oxygen atoms in total. The molecule has 0 bridgehead atoms. The maximum atomic E-state index is 10.6. The Kier molecular flexibility index (Phi) is 2.61. The summed E-state index contributed by atoms with van der Waals surface area (Å²) in [6.07, 6.45) is 0. The number of nitro groups is 1. The van der Waals surface area contributed by atoms with Crippen molar-refractivity contribution in [3.63, 3.8) is 0 Å². The molecule has 0 spiro atoms. The Morgan fingerprint density at radius 2 is 2.50 bits per heavy atom. The third kappa shape index (κ3) is 1.55. The predicted molar refractivity (Wildman–Crippen MR) is 40.3 cm³/mol. The van der Waals surface area contributed by atoms with Crippen molar-refractivity contribution in [2.75, 3.05) is 33.5 Å². The molecule has 70 valence electrons. The minimum absolute atomic E-state index is 0.0131. The van der Waals surface area contributed by atoms with E-state index in [-0.39, 0.29) is 13.2 Å². The van der Waals surface area contributed by atoms with Gasteiger partial charge in [0.15, 0.2) is 0 Å². The molecule has 1 saturated heterocycles. The largest absolute Gasteiger partial charge is 0.389 e. The van der Waals surface area contributed by atoms with Gasteiger partial charge in [0.1, 0.15) is 13.2 Å². The molecule has 0 aliphatic carbocycles. The number of nitrogens with zero attached hydrogens (tertiary/aromatic N) is 2. The lowest BCUT2D eigenvalue weighted by Crippen LogP contribution is -2.58. The standard InChI is InChI=1S/C6H12N2O4/c1-7-2-6(3-9,8(10)11)4-12-5-7/h9H,2-5H2,1H3/t6-/m1/s1. The Labute approximate surface area is 69.9 Å². The Morgan fingerprint density at radius 1 is 1.83 bits per heavy atom. The zero-order chi connectivity index (χ0) is 9.19. The molecule has 1 heterocycles. The van der Waals surface area contributed by atoms with Crippen molar-refractivity contribution < 1.29 is 14.8 Å². The smallest absolute Gasteiger partial charge is 0.280 e. The van der Waals surface area contributed by atoms with Crippen LogP contribution in [0.15, 0.2) is 0 Å². The molecule has 1 aliphatic heterocycles. The lowest BCUT2D eigenvalue weighted by Gasteiger charge is -2.32. The fraction of sp³-hybridized carbons (Fsp3) is 1.00. The maximum Gasteiger partial charge on any atom is 0.280 e. The number of aliphatic hydroxyl groups is 1. The minimum atomic E-state index is -1.33. The molecule has 1 fully saturated rings. The van der Waals surface area contributed by atoms with Crippen LogP contribution in [-0.4, -0.2) is 54.0 Å². The van der Waals surface area contributed by atoms with Crippen LogP contribution in [0.2, 0.25) is 0 Å². The van der Waals surface area contributed by atoms with Crippen molar-refractivity contribution >= 4 is 0 Å². The fourth-order valence-electron chi connectivity index (χ4n) is 1.25. The highest BCUT2D eigenvalue weighted by Gasteiger charge is 2.46. The van der Waals surface area contributed by atoms with Gasteiger partial charge in [0, 0.05) is 4.92 Å². The normalized spacial score (nSPS) is 31.8. The first-order valence-electron chi connectivity index (χ1n) is 3.62. The van der Waals surface area contributed by atoms with Gasteiger partial charge in [-0.3, -0.25) is 15.0 Å².